The number of anilines is 1. The Kier molecular flexibility index (Phi) is 5.40. The van der Waals surface area contributed by atoms with Gasteiger partial charge in [-0.3, -0.25) is 9.69 Å². The van der Waals surface area contributed by atoms with Crippen LogP contribution in [-0.4, -0.2) is 44.0 Å². The Hall–Kier alpha value is -1.10. The van der Waals surface area contributed by atoms with E-state index in [9.17, 15) is 4.79 Å². The minimum Gasteiger partial charge on any atom is -0.325 e. The monoisotopic (exact) mass is 295 g/mol. The molecular weight excluding hydrogens is 274 g/mol. The number of halogens is 1. The summed E-state index contributed by atoms with van der Waals surface area (Å²) in [7, 11) is 1.97. The first-order valence-corrected chi connectivity index (χ1v) is 7.39. The number of nitrogens with one attached hydrogen (secondary N) is 2. The molecule has 0 radical (unpaired) electrons. The number of hydrogen-bond acceptors (Lipinski definition) is 3. The summed E-state index contributed by atoms with van der Waals surface area (Å²) < 4.78 is 0. The highest BCUT2D eigenvalue weighted by molar-refractivity contribution is 6.31. The first-order valence-electron chi connectivity index (χ1n) is 7.01. The van der Waals surface area contributed by atoms with Crippen molar-refractivity contribution in [3.8, 4) is 0 Å². The van der Waals surface area contributed by atoms with Crippen LogP contribution in [0.4, 0.5) is 5.69 Å². The van der Waals surface area contributed by atoms with Crippen molar-refractivity contribution in [2.75, 3.05) is 38.5 Å². The molecule has 5 heteroatoms. The van der Waals surface area contributed by atoms with Crippen molar-refractivity contribution in [3.05, 3.63) is 28.8 Å². The molecule has 4 nitrogen and oxygen atoms in total. The summed E-state index contributed by atoms with van der Waals surface area (Å²) in [4.78, 5) is 14.2. The van der Waals surface area contributed by atoms with Gasteiger partial charge < -0.3 is 10.6 Å². The van der Waals surface area contributed by atoms with E-state index in [1.807, 2.05) is 26.1 Å². The minimum atomic E-state index is 0.0232. The van der Waals surface area contributed by atoms with E-state index in [1.54, 1.807) is 6.07 Å². The number of benzene rings is 1. The zero-order valence-corrected chi connectivity index (χ0v) is 12.8. The topological polar surface area (TPSA) is 44.4 Å². The molecule has 1 fully saturated rings. The summed E-state index contributed by atoms with van der Waals surface area (Å²) in [6, 6.07) is 5.59. The van der Waals surface area contributed by atoms with E-state index in [0.717, 1.165) is 37.3 Å². The summed E-state index contributed by atoms with van der Waals surface area (Å²) in [5.41, 5.74) is 1.77. The highest BCUT2D eigenvalue weighted by atomic mass is 35.5. The Morgan fingerprint density at radius 1 is 1.50 bits per heavy atom. The van der Waals surface area contributed by atoms with E-state index in [-0.39, 0.29) is 5.91 Å². The van der Waals surface area contributed by atoms with Gasteiger partial charge in [-0.2, -0.15) is 0 Å². The molecule has 1 aliphatic rings. The van der Waals surface area contributed by atoms with Crippen LogP contribution >= 0.6 is 11.6 Å². The van der Waals surface area contributed by atoms with E-state index >= 15 is 0 Å². The lowest BCUT2D eigenvalue weighted by atomic mass is 10.1. The molecule has 1 aromatic rings. The molecule has 1 unspecified atom stereocenters. The zero-order valence-electron chi connectivity index (χ0n) is 12.1. The van der Waals surface area contributed by atoms with Crippen LogP contribution in [-0.2, 0) is 4.79 Å². The fraction of sp³-hybridized carbons (Fsp3) is 0.533. The summed E-state index contributed by atoms with van der Waals surface area (Å²) in [6.45, 7) is 5.40. The largest absolute Gasteiger partial charge is 0.325 e. The van der Waals surface area contributed by atoms with Gasteiger partial charge in [-0.15, -0.1) is 0 Å². The maximum absolute atomic E-state index is 12.0. The van der Waals surface area contributed by atoms with Crippen molar-refractivity contribution in [2.45, 2.75) is 13.3 Å². The Morgan fingerprint density at radius 2 is 2.30 bits per heavy atom. The molecule has 2 N–H and O–H groups in total. The van der Waals surface area contributed by atoms with E-state index in [1.165, 1.54) is 0 Å². The lowest BCUT2D eigenvalue weighted by Gasteiger charge is -2.16. The van der Waals surface area contributed by atoms with Crippen LogP contribution in [0.5, 0.6) is 0 Å². The van der Waals surface area contributed by atoms with Gasteiger partial charge >= 0.3 is 0 Å². The number of carbonyl (C=O) groups is 1. The second-order valence-electron chi connectivity index (χ2n) is 5.46. The molecule has 1 saturated heterocycles. The Bertz CT molecular complexity index is 478. The van der Waals surface area contributed by atoms with E-state index in [2.05, 4.69) is 15.5 Å². The highest BCUT2D eigenvalue weighted by Gasteiger charge is 2.23. The van der Waals surface area contributed by atoms with Crippen LogP contribution in [0, 0.1) is 12.8 Å². The molecule has 1 aliphatic heterocycles. The van der Waals surface area contributed by atoms with Gasteiger partial charge in [0.25, 0.3) is 0 Å². The third kappa shape index (κ3) is 4.20. The maximum Gasteiger partial charge on any atom is 0.238 e. The quantitative estimate of drug-likeness (QED) is 0.875. The summed E-state index contributed by atoms with van der Waals surface area (Å²) in [5.74, 6) is 0.677. The first kappa shape index (κ1) is 15.3. The SMILES string of the molecule is CNCC1CCN(CC(=O)Nc2ccc(C)c(Cl)c2)C1. The molecule has 0 bridgehead atoms. The number of hydrogen-bond donors (Lipinski definition) is 2. The molecule has 0 aliphatic carbocycles. The predicted octanol–water partition coefficient (Wildman–Crippen LogP) is 2.13. The fourth-order valence-electron chi connectivity index (χ4n) is 2.59. The maximum atomic E-state index is 12.0. The van der Waals surface area contributed by atoms with Gasteiger partial charge in [0.05, 0.1) is 6.54 Å². The summed E-state index contributed by atoms with van der Waals surface area (Å²) >= 11 is 6.05. The van der Waals surface area contributed by atoms with Crippen LogP contribution in [0.15, 0.2) is 18.2 Å². The van der Waals surface area contributed by atoms with Gasteiger partial charge in [-0.25, -0.2) is 0 Å². The van der Waals surface area contributed by atoms with Gasteiger partial charge in [-0.05, 0) is 57.1 Å². The van der Waals surface area contributed by atoms with Gasteiger partial charge in [0, 0.05) is 17.3 Å². The van der Waals surface area contributed by atoms with Crippen LogP contribution < -0.4 is 10.6 Å². The molecule has 2 rings (SSSR count). The molecule has 0 spiro atoms. The predicted molar refractivity (Wildman–Crippen MR) is 83.3 cm³/mol. The lowest BCUT2D eigenvalue weighted by molar-refractivity contribution is -0.117. The van der Waals surface area contributed by atoms with Crippen LogP contribution in [0.25, 0.3) is 0 Å². The number of nitrogens with zero attached hydrogens (tertiary/aromatic N) is 1. The Balaban J connectivity index is 1.82. The highest BCUT2D eigenvalue weighted by Crippen LogP contribution is 2.20. The average Bonchev–Trinajstić information content (AvgIpc) is 2.81. The summed E-state index contributed by atoms with van der Waals surface area (Å²) in [5, 5.41) is 6.77. The summed E-state index contributed by atoms with van der Waals surface area (Å²) in [6.07, 6.45) is 1.16. The third-order valence-corrected chi connectivity index (χ3v) is 4.09. The molecule has 1 amide bonds. The zero-order chi connectivity index (χ0) is 14.5. The van der Waals surface area contributed by atoms with Gasteiger partial charge in [0.2, 0.25) is 5.91 Å². The molecule has 0 saturated carbocycles. The normalized spacial score (nSPS) is 19.2. The van der Waals surface area contributed by atoms with Gasteiger partial charge in [0.1, 0.15) is 0 Å². The van der Waals surface area contributed by atoms with Crippen molar-refractivity contribution >= 4 is 23.2 Å². The number of likely N-dealkylation sites (tertiary alicyclic amines) is 1. The molecule has 0 aromatic heterocycles. The second kappa shape index (κ2) is 7.07. The smallest absolute Gasteiger partial charge is 0.238 e. The Morgan fingerprint density at radius 3 is 3.00 bits per heavy atom. The molecule has 1 atom stereocenters. The molecule has 20 heavy (non-hydrogen) atoms. The minimum absolute atomic E-state index is 0.0232. The third-order valence-electron chi connectivity index (χ3n) is 3.69. The van der Waals surface area contributed by atoms with E-state index in [0.29, 0.717) is 17.5 Å². The fourth-order valence-corrected chi connectivity index (χ4v) is 2.77. The number of carbonyl (C=O) groups excluding carboxylic acids is 1. The van der Waals surface area contributed by atoms with Crippen molar-refractivity contribution in [3.63, 3.8) is 0 Å². The lowest BCUT2D eigenvalue weighted by Crippen LogP contribution is -2.32. The van der Waals surface area contributed by atoms with Gasteiger partial charge in [0.15, 0.2) is 0 Å². The van der Waals surface area contributed by atoms with E-state index < -0.39 is 0 Å². The number of rotatable bonds is 5. The van der Waals surface area contributed by atoms with Crippen LogP contribution in [0.2, 0.25) is 5.02 Å². The van der Waals surface area contributed by atoms with E-state index in [4.69, 9.17) is 11.6 Å². The van der Waals surface area contributed by atoms with Crippen molar-refractivity contribution in [1.29, 1.82) is 0 Å². The van der Waals surface area contributed by atoms with Crippen LogP contribution in [0.3, 0.4) is 0 Å². The van der Waals surface area contributed by atoms with Crippen molar-refractivity contribution in [2.24, 2.45) is 5.92 Å². The molecule has 1 heterocycles. The molecule has 110 valence electrons. The standard InChI is InChI=1S/C15H22ClN3O/c1-11-3-4-13(7-14(11)16)18-15(20)10-19-6-5-12(9-19)8-17-2/h3-4,7,12,17H,5-6,8-10H2,1-2H3,(H,18,20). The molecule has 1 aromatic carbocycles. The molecular formula is C15H22ClN3O. The van der Waals surface area contributed by atoms with Crippen molar-refractivity contribution in [1.82, 2.24) is 10.2 Å². The average molecular weight is 296 g/mol. The first-order chi connectivity index (χ1) is 9.58. The second-order valence-corrected chi connectivity index (χ2v) is 5.87. The van der Waals surface area contributed by atoms with Gasteiger partial charge in [-0.1, -0.05) is 17.7 Å². The number of aryl methyl sites for hydroxylation is 1. The van der Waals surface area contributed by atoms with Crippen molar-refractivity contribution < 1.29 is 4.79 Å². The number of amides is 1. The van der Waals surface area contributed by atoms with Crippen LogP contribution in [0.1, 0.15) is 12.0 Å². The Labute approximate surface area is 125 Å².